The molecule has 2 aliphatic rings. The molecule has 3 N–H and O–H groups in total. The monoisotopic (exact) mass is 896 g/mol. The SMILES string of the molecule is COCCOCCOCCOCCOCCOCCOCCOCCS(=O)(=O)N(CCC(=O)NCC(=O)NCC(=O)NCC(=O)ON1C(=O)CCC1=O)CCN1CC=CC1=O. The molecule has 0 aromatic rings. The third-order valence-electron chi connectivity index (χ3n) is 8.17. The van der Waals surface area contributed by atoms with E-state index in [0.717, 1.165) is 4.31 Å². The lowest BCUT2D eigenvalue weighted by Gasteiger charge is -2.25. The molecule has 2 heterocycles. The molecule has 0 saturated carbocycles. The highest BCUT2D eigenvalue weighted by molar-refractivity contribution is 7.89. The number of imide groups is 1. The average molecular weight is 897 g/mol. The van der Waals surface area contributed by atoms with Gasteiger partial charge in [0.25, 0.3) is 11.8 Å². The van der Waals surface area contributed by atoms with Gasteiger partial charge in [-0.1, -0.05) is 6.08 Å². The molecule has 0 aromatic heterocycles. The fourth-order valence-corrected chi connectivity index (χ4v) is 6.23. The van der Waals surface area contributed by atoms with Gasteiger partial charge in [-0.25, -0.2) is 13.2 Å². The Balaban J connectivity index is 1.54. The van der Waals surface area contributed by atoms with Crippen molar-refractivity contribution in [2.75, 3.05) is 158 Å². The van der Waals surface area contributed by atoms with Gasteiger partial charge in [0.2, 0.25) is 33.7 Å². The van der Waals surface area contributed by atoms with Crippen LogP contribution in [0.15, 0.2) is 12.2 Å². The van der Waals surface area contributed by atoms with Crippen molar-refractivity contribution in [3.8, 4) is 0 Å². The summed E-state index contributed by atoms with van der Waals surface area (Å²) in [6.07, 6.45) is 2.54. The summed E-state index contributed by atoms with van der Waals surface area (Å²) in [5, 5.41) is 7.05. The van der Waals surface area contributed by atoms with Gasteiger partial charge < -0.3 is 63.6 Å². The molecule has 24 nitrogen and oxygen atoms in total. The summed E-state index contributed by atoms with van der Waals surface area (Å²) in [5.41, 5.74) is 0. The van der Waals surface area contributed by atoms with Gasteiger partial charge >= 0.3 is 5.97 Å². The van der Waals surface area contributed by atoms with Crippen molar-refractivity contribution in [1.82, 2.24) is 30.2 Å². The Bertz CT molecular complexity index is 1490. The number of rotatable bonds is 38. The number of carbonyl (C=O) groups excluding carboxylic acids is 7. The lowest BCUT2D eigenvalue weighted by molar-refractivity contribution is -0.196. The first-order valence-electron chi connectivity index (χ1n) is 19.8. The molecule has 0 unspecified atom stereocenters. The Morgan fingerprint density at radius 2 is 1.07 bits per heavy atom. The Labute approximate surface area is 355 Å². The van der Waals surface area contributed by atoms with E-state index in [1.54, 1.807) is 13.2 Å². The number of hydrogen-bond acceptors (Lipinski definition) is 18. The lowest BCUT2D eigenvalue weighted by atomic mass is 10.3. The second kappa shape index (κ2) is 32.5. The fourth-order valence-electron chi connectivity index (χ4n) is 4.92. The Hall–Kier alpha value is -4.18. The molecule has 0 radical (unpaired) electrons. The summed E-state index contributed by atoms with van der Waals surface area (Å²) in [6, 6.07) is 0. The predicted molar refractivity (Wildman–Crippen MR) is 210 cm³/mol. The van der Waals surface area contributed by atoms with Crippen LogP contribution < -0.4 is 16.0 Å². The van der Waals surface area contributed by atoms with Crippen molar-refractivity contribution in [3.05, 3.63) is 12.2 Å². The van der Waals surface area contributed by atoms with Gasteiger partial charge in [0.1, 0.15) is 6.54 Å². The lowest BCUT2D eigenvalue weighted by Crippen LogP contribution is -2.45. The summed E-state index contributed by atoms with van der Waals surface area (Å²) >= 11 is 0. The van der Waals surface area contributed by atoms with Crippen LogP contribution in [0.5, 0.6) is 0 Å². The molecule has 0 bridgehead atoms. The number of ether oxygens (including phenoxy) is 8. The Morgan fingerprint density at radius 3 is 1.52 bits per heavy atom. The minimum atomic E-state index is -3.94. The van der Waals surface area contributed by atoms with Crippen LogP contribution in [-0.4, -0.2) is 222 Å². The van der Waals surface area contributed by atoms with Crippen molar-refractivity contribution in [2.24, 2.45) is 0 Å². The molecule has 61 heavy (non-hydrogen) atoms. The van der Waals surface area contributed by atoms with Gasteiger partial charge in [0, 0.05) is 58.6 Å². The van der Waals surface area contributed by atoms with Crippen LogP contribution in [0.1, 0.15) is 19.3 Å². The molecule has 25 heteroatoms. The molecular weight excluding hydrogens is 836 g/mol. The largest absolute Gasteiger partial charge is 0.382 e. The van der Waals surface area contributed by atoms with Crippen molar-refractivity contribution >= 4 is 51.4 Å². The molecule has 1 saturated heterocycles. The van der Waals surface area contributed by atoms with E-state index in [9.17, 15) is 42.0 Å². The first-order valence-corrected chi connectivity index (χ1v) is 21.4. The van der Waals surface area contributed by atoms with E-state index >= 15 is 0 Å². The summed E-state index contributed by atoms with van der Waals surface area (Å²) in [6.45, 7) is 3.73. The number of sulfonamides is 1. The highest BCUT2D eigenvalue weighted by Crippen LogP contribution is 2.12. The third-order valence-corrected chi connectivity index (χ3v) is 10.0. The quantitative estimate of drug-likeness (QED) is 0.0395. The van der Waals surface area contributed by atoms with Crippen LogP contribution in [0, 0.1) is 0 Å². The van der Waals surface area contributed by atoms with E-state index in [2.05, 4.69) is 20.8 Å². The van der Waals surface area contributed by atoms with Crippen LogP contribution >= 0.6 is 0 Å². The van der Waals surface area contributed by atoms with E-state index < -0.39 is 70.9 Å². The minimum Gasteiger partial charge on any atom is -0.382 e. The molecule has 2 aliphatic heterocycles. The standard InChI is InChI=1S/C36H60N6O18S/c1-52-11-12-53-13-14-54-15-16-55-17-18-56-19-20-57-21-22-58-23-24-59-25-26-61(50,51)41(10-9-40-7-2-3-33(40)46)8-6-30(43)37-27-31(44)38-28-32(45)39-29-36(49)60-42-34(47)4-5-35(42)48/h2-3H,4-29H2,1H3,(H,37,43)(H,38,44)(H,39,45). The first kappa shape index (κ1) is 53.0. The smallest absolute Gasteiger partial charge is 0.352 e. The number of hydrogen-bond donors (Lipinski definition) is 3. The van der Waals surface area contributed by atoms with Crippen molar-refractivity contribution in [1.29, 1.82) is 0 Å². The fraction of sp³-hybridized carbons (Fsp3) is 0.750. The number of methoxy groups -OCH3 is 1. The zero-order valence-corrected chi connectivity index (χ0v) is 35.5. The minimum absolute atomic E-state index is 0.0821. The normalized spacial score (nSPS) is 14.0. The van der Waals surface area contributed by atoms with E-state index in [0.29, 0.717) is 90.9 Å². The molecular formula is C36H60N6O18S. The maximum atomic E-state index is 13.2. The van der Waals surface area contributed by atoms with Crippen LogP contribution in [0.3, 0.4) is 0 Å². The topological polar surface area (TPSA) is 283 Å². The van der Waals surface area contributed by atoms with E-state index in [1.165, 1.54) is 11.0 Å². The summed E-state index contributed by atoms with van der Waals surface area (Å²) in [7, 11) is -2.33. The van der Waals surface area contributed by atoms with Gasteiger partial charge in [-0.3, -0.25) is 28.8 Å². The number of nitrogens with one attached hydrogen (secondary N) is 3. The van der Waals surface area contributed by atoms with Crippen LogP contribution in [0.2, 0.25) is 0 Å². The number of hydroxylamine groups is 2. The molecule has 6 amide bonds. The molecule has 2 rings (SSSR count). The van der Waals surface area contributed by atoms with E-state index in [-0.39, 0.29) is 64.6 Å². The molecule has 0 atom stereocenters. The highest BCUT2D eigenvalue weighted by atomic mass is 32.2. The number of carbonyl (C=O) groups is 7. The van der Waals surface area contributed by atoms with Crippen molar-refractivity contribution < 1.29 is 84.7 Å². The van der Waals surface area contributed by atoms with Gasteiger partial charge in [0.15, 0.2) is 0 Å². The van der Waals surface area contributed by atoms with Crippen LogP contribution in [-0.2, 0) is 86.3 Å². The summed E-state index contributed by atoms with van der Waals surface area (Å²) in [4.78, 5) is 89.6. The molecule has 348 valence electrons. The van der Waals surface area contributed by atoms with Gasteiger partial charge in [-0.05, 0) is 0 Å². The van der Waals surface area contributed by atoms with E-state index in [1.807, 2.05) is 0 Å². The van der Waals surface area contributed by atoms with Crippen LogP contribution in [0.4, 0.5) is 0 Å². The Kier molecular flexibility index (Phi) is 28.2. The zero-order chi connectivity index (χ0) is 44.6. The first-order chi connectivity index (χ1) is 29.4. The van der Waals surface area contributed by atoms with Crippen molar-refractivity contribution in [3.63, 3.8) is 0 Å². The van der Waals surface area contributed by atoms with Gasteiger partial charge in [-0.2, -0.15) is 4.31 Å². The second-order valence-corrected chi connectivity index (χ2v) is 14.9. The van der Waals surface area contributed by atoms with E-state index in [4.69, 9.17) is 37.9 Å². The molecule has 0 spiro atoms. The maximum Gasteiger partial charge on any atom is 0.352 e. The zero-order valence-electron chi connectivity index (χ0n) is 34.6. The summed E-state index contributed by atoms with van der Waals surface area (Å²) < 4.78 is 70.3. The molecule has 0 aromatic carbocycles. The third kappa shape index (κ3) is 25.4. The number of nitrogens with zero attached hydrogens (tertiary/aromatic N) is 3. The second-order valence-electron chi connectivity index (χ2n) is 12.8. The number of amides is 6. The van der Waals surface area contributed by atoms with Crippen LogP contribution in [0.25, 0.3) is 0 Å². The average Bonchev–Trinajstić information content (AvgIpc) is 3.80. The van der Waals surface area contributed by atoms with Gasteiger partial charge in [0.05, 0.1) is 118 Å². The molecule has 0 aliphatic carbocycles. The van der Waals surface area contributed by atoms with Gasteiger partial charge in [-0.15, -0.1) is 5.06 Å². The maximum absolute atomic E-state index is 13.2. The van der Waals surface area contributed by atoms with Crippen molar-refractivity contribution in [2.45, 2.75) is 19.3 Å². The predicted octanol–water partition coefficient (Wildman–Crippen LogP) is -3.87. The summed E-state index contributed by atoms with van der Waals surface area (Å²) in [5.74, 6) is -5.30. The highest BCUT2D eigenvalue weighted by Gasteiger charge is 2.33. The molecule has 1 fully saturated rings. The Morgan fingerprint density at radius 1 is 0.623 bits per heavy atom.